The first-order chi connectivity index (χ1) is 13.5. The Hall–Kier alpha value is -2.98. The van der Waals surface area contributed by atoms with Crippen molar-refractivity contribution in [1.82, 2.24) is 15.5 Å². The maximum absolute atomic E-state index is 11.9. The second-order valence-corrected chi connectivity index (χ2v) is 6.65. The predicted octanol–water partition coefficient (Wildman–Crippen LogP) is -2.04. The average Bonchev–Trinajstić information content (AvgIpc) is 3.28. The summed E-state index contributed by atoms with van der Waals surface area (Å²) in [5.74, 6) is 0.0163. The average molecular weight is 390 g/mol. The number of methoxy groups -OCH3 is 1. The molecule has 10 nitrogen and oxygen atoms in total. The monoisotopic (exact) mass is 390 g/mol. The van der Waals surface area contributed by atoms with E-state index < -0.39 is 12.6 Å². The number of carbonyl (C=O) groups is 2. The van der Waals surface area contributed by atoms with Crippen LogP contribution in [0.1, 0.15) is 18.4 Å². The van der Waals surface area contributed by atoms with Crippen molar-refractivity contribution in [3.8, 4) is 17.1 Å². The van der Waals surface area contributed by atoms with Crippen LogP contribution in [-0.2, 0) is 14.3 Å². The summed E-state index contributed by atoms with van der Waals surface area (Å²) in [5, 5.41) is 17.2. The van der Waals surface area contributed by atoms with Gasteiger partial charge in [0, 0.05) is 12.0 Å². The van der Waals surface area contributed by atoms with Crippen molar-refractivity contribution >= 4 is 11.9 Å². The number of rotatable bonds is 8. The molecule has 150 valence electrons. The molecule has 0 bridgehead atoms. The summed E-state index contributed by atoms with van der Waals surface area (Å²) < 4.78 is 15.3. The topological polar surface area (TPSA) is 131 Å². The third kappa shape index (κ3) is 4.84. The van der Waals surface area contributed by atoms with Gasteiger partial charge >= 0.3 is 0 Å². The van der Waals surface area contributed by atoms with Crippen LogP contribution in [0.2, 0.25) is 0 Å². The van der Waals surface area contributed by atoms with Gasteiger partial charge in [0.1, 0.15) is 12.4 Å². The Bertz CT molecular complexity index is 822. The standard InChI is InChI=1S/C18H22N4O6/c1-22-8-12(19-15(23)9-27-10-16(24)25)7-14(22)18-20-17(21-28-18)11-3-5-13(26-2)6-4-11/h3-6,12,14H,7-10H2,1-2H3,(H,19,23)(H,24,25)/t12-,14-/m0/s1. The van der Waals surface area contributed by atoms with E-state index in [4.69, 9.17) is 14.0 Å². The second kappa shape index (κ2) is 8.81. The van der Waals surface area contributed by atoms with Crippen LogP contribution in [0, 0.1) is 0 Å². The van der Waals surface area contributed by atoms with Crippen molar-refractivity contribution in [3.05, 3.63) is 30.2 Å². The van der Waals surface area contributed by atoms with E-state index in [0.717, 1.165) is 16.2 Å². The van der Waals surface area contributed by atoms with Gasteiger partial charge < -0.3 is 34.1 Å². The number of nitrogens with zero attached hydrogens (tertiary/aromatic N) is 2. The van der Waals surface area contributed by atoms with Gasteiger partial charge in [-0.2, -0.15) is 4.98 Å². The lowest BCUT2D eigenvalue weighted by molar-refractivity contribution is -0.900. The molecular weight excluding hydrogens is 368 g/mol. The van der Waals surface area contributed by atoms with Gasteiger partial charge in [0.2, 0.25) is 11.7 Å². The molecule has 1 saturated heterocycles. The van der Waals surface area contributed by atoms with Crippen LogP contribution in [0.5, 0.6) is 5.75 Å². The lowest BCUT2D eigenvalue weighted by Gasteiger charge is -2.11. The number of ether oxygens (including phenoxy) is 2. The summed E-state index contributed by atoms with van der Waals surface area (Å²) in [6.07, 6.45) is 0.627. The minimum absolute atomic E-state index is 0.0473. The van der Waals surface area contributed by atoms with Crippen molar-refractivity contribution in [3.63, 3.8) is 0 Å². The Morgan fingerprint density at radius 1 is 1.32 bits per heavy atom. The number of hydrogen-bond donors (Lipinski definition) is 2. The zero-order valence-corrected chi connectivity index (χ0v) is 15.6. The molecule has 0 aliphatic carbocycles. The lowest BCUT2D eigenvalue weighted by Crippen LogP contribution is -3.07. The number of likely N-dealkylation sites (N-methyl/N-ethyl adjacent to an activating group) is 1. The number of quaternary nitrogens is 1. The molecule has 1 aromatic carbocycles. The van der Waals surface area contributed by atoms with Gasteiger partial charge in [-0.05, 0) is 24.3 Å². The molecule has 2 aromatic rings. The van der Waals surface area contributed by atoms with Crippen LogP contribution < -0.4 is 20.1 Å². The van der Waals surface area contributed by atoms with Crippen LogP contribution in [-0.4, -0.2) is 62.0 Å². The van der Waals surface area contributed by atoms with Gasteiger partial charge in [-0.15, -0.1) is 0 Å². The Morgan fingerprint density at radius 2 is 2.07 bits per heavy atom. The molecule has 0 saturated carbocycles. The van der Waals surface area contributed by atoms with Crippen molar-refractivity contribution in [2.45, 2.75) is 18.5 Å². The number of carboxylic acids is 1. The predicted molar refractivity (Wildman–Crippen MR) is 93.2 cm³/mol. The normalized spacial score (nSPS) is 21.4. The van der Waals surface area contributed by atoms with Crippen molar-refractivity contribution in [2.24, 2.45) is 0 Å². The summed E-state index contributed by atoms with van der Waals surface area (Å²) in [7, 11) is 3.59. The number of benzene rings is 1. The van der Waals surface area contributed by atoms with E-state index in [-0.39, 0.29) is 24.6 Å². The molecule has 1 fully saturated rings. The smallest absolute Gasteiger partial charge is 0.285 e. The quantitative estimate of drug-likeness (QED) is 0.527. The molecule has 2 N–H and O–H groups in total. The molecule has 3 rings (SSSR count). The van der Waals surface area contributed by atoms with E-state index in [9.17, 15) is 14.7 Å². The molecule has 2 heterocycles. The van der Waals surface area contributed by atoms with Crippen LogP contribution in [0.25, 0.3) is 11.4 Å². The van der Waals surface area contributed by atoms with Crippen molar-refractivity contribution in [2.75, 3.05) is 33.9 Å². The number of carbonyl (C=O) groups excluding carboxylic acids is 2. The van der Waals surface area contributed by atoms with Gasteiger partial charge in [-0.1, -0.05) is 5.16 Å². The van der Waals surface area contributed by atoms with Crippen LogP contribution >= 0.6 is 0 Å². The first-order valence-electron chi connectivity index (χ1n) is 8.83. The number of aromatic nitrogens is 2. The molecule has 3 atom stereocenters. The largest absolute Gasteiger partial charge is 0.548 e. The number of carboxylic acid groups (broad SMARTS) is 1. The van der Waals surface area contributed by atoms with E-state index in [2.05, 4.69) is 15.5 Å². The molecule has 1 unspecified atom stereocenters. The summed E-state index contributed by atoms with van der Waals surface area (Å²) in [6.45, 7) is -0.254. The fourth-order valence-electron chi connectivity index (χ4n) is 3.25. The number of aliphatic carboxylic acids is 1. The van der Waals surface area contributed by atoms with Crippen LogP contribution in [0.15, 0.2) is 28.8 Å². The SMILES string of the molecule is COc1ccc(-c2noc([C@@H]3C[C@H](NC(=O)COCC(=O)[O-])C[NH+]3C)n2)cc1. The molecule has 1 amide bonds. The Labute approximate surface area is 161 Å². The van der Waals surface area contributed by atoms with Crippen LogP contribution in [0.4, 0.5) is 0 Å². The summed E-state index contributed by atoms with van der Waals surface area (Å²) in [4.78, 5) is 27.8. The zero-order chi connectivity index (χ0) is 20.1. The number of amides is 1. The highest BCUT2D eigenvalue weighted by atomic mass is 16.5. The molecule has 1 aliphatic heterocycles. The molecule has 0 radical (unpaired) electrons. The molecule has 1 aromatic heterocycles. The van der Waals surface area contributed by atoms with Crippen LogP contribution in [0.3, 0.4) is 0 Å². The number of likely N-dealkylation sites (tertiary alicyclic amines) is 1. The maximum Gasteiger partial charge on any atom is 0.285 e. The third-order valence-corrected chi connectivity index (χ3v) is 4.59. The minimum atomic E-state index is -1.36. The van der Waals surface area contributed by atoms with Gasteiger partial charge in [0.25, 0.3) is 5.89 Å². The molecule has 28 heavy (non-hydrogen) atoms. The summed E-state index contributed by atoms with van der Waals surface area (Å²) in [6, 6.07) is 7.22. The number of nitrogens with one attached hydrogen (secondary N) is 2. The Balaban J connectivity index is 1.58. The molecule has 0 spiro atoms. The van der Waals surface area contributed by atoms with Crippen molar-refractivity contribution in [1.29, 1.82) is 0 Å². The molecule has 1 aliphatic rings. The highest BCUT2D eigenvalue weighted by molar-refractivity contribution is 5.78. The Kier molecular flexibility index (Phi) is 6.22. The van der Waals surface area contributed by atoms with Gasteiger partial charge in [0.05, 0.1) is 39.3 Å². The molecular formula is C18H22N4O6. The first kappa shape index (κ1) is 19.8. The van der Waals surface area contributed by atoms with E-state index in [1.54, 1.807) is 7.11 Å². The molecule has 10 heteroatoms. The van der Waals surface area contributed by atoms with Gasteiger partial charge in [-0.3, -0.25) is 4.79 Å². The summed E-state index contributed by atoms with van der Waals surface area (Å²) in [5.41, 5.74) is 0.821. The zero-order valence-electron chi connectivity index (χ0n) is 15.6. The highest BCUT2D eigenvalue weighted by Gasteiger charge is 2.39. The van der Waals surface area contributed by atoms with E-state index in [0.29, 0.717) is 24.7 Å². The fraction of sp³-hybridized carbons (Fsp3) is 0.444. The Morgan fingerprint density at radius 3 is 2.75 bits per heavy atom. The van der Waals surface area contributed by atoms with E-state index >= 15 is 0 Å². The maximum atomic E-state index is 11.9. The third-order valence-electron chi connectivity index (χ3n) is 4.59. The summed E-state index contributed by atoms with van der Waals surface area (Å²) >= 11 is 0. The highest BCUT2D eigenvalue weighted by Crippen LogP contribution is 2.23. The lowest BCUT2D eigenvalue weighted by atomic mass is 10.1. The second-order valence-electron chi connectivity index (χ2n) is 6.65. The van der Waals surface area contributed by atoms with Gasteiger partial charge in [0.15, 0.2) is 6.04 Å². The van der Waals surface area contributed by atoms with E-state index in [1.165, 1.54) is 0 Å². The number of hydrogen-bond acceptors (Lipinski definition) is 8. The van der Waals surface area contributed by atoms with Gasteiger partial charge in [-0.25, -0.2) is 0 Å². The first-order valence-corrected chi connectivity index (χ1v) is 8.83. The van der Waals surface area contributed by atoms with E-state index in [1.807, 2.05) is 31.3 Å². The fourth-order valence-corrected chi connectivity index (χ4v) is 3.25. The van der Waals surface area contributed by atoms with Crippen molar-refractivity contribution < 1.29 is 33.6 Å². The minimum Gasteiger partial charge on any atom is -0.548 e.